The molecule has 0 aromatic carbocycles. The van der Waals surface area contributed by atoms with Crippen LogP contribution in [0.2, 0.25) is 0 Å². The van der Waals surface area contributed by atoms with Gasteiger partial charge in [-0.3, -0.25) is 15.1 Å². The second-order valence-electron chi connectivity index (χ2n) is 7.20. The number of carbonyl (C=O) groups is 1. The predicted octanol–water partition coefficient (Wildman–Crippen LogP) is 3.93. The van der Waals surface area contributed by atoms with Crippen molar-refractivity contribution in [3.63, 3.8) is 0 Å². The number of allylic oxidation sites excluding steroid dienone is 4. The third-order valence-corrected chi connectivity index (χ3v) is 4.73. The van der Waals surface area contributed by atoms with Crippen LogP contribution >= 0.6 is 11.6 Å². The summed E-state index contributed by atoms with van der Waals surface area (Å²) in [6.45, 7) is 12.1. The van der Waals surface area contributed by atoms with Gasteiger partial charge in [-0.05, 0) is 37.8 Å². The Bertz CT molecular complexity index is 580. The number of rotatable bonds is 12. The molecule has 0 aromatic heterocycles. The minimum atomic E-state index is -0.692. The lowest BCUT2D eigenvalue weighted by atomic mass is 9.97. The minimum absolute atomic E-state index is 0.0428. The molecule has 0 rings (SSSR count). The molecule has 0 radical (unpaired) electrons. The Kier molecular flexibility index (Phi) is 13.0. The molecule has 5 nitrogen and oxygen atoms in total. The van der Waals surface area contributed by atoms with Gasteiger partial charge in [-0.1, -0.05) is 57.4 Å². The summed E-state index contributed by atoms with van der Waals surface area (Å²) >= 11 is 6.01. The molecule has 0 aliphatic heterocycles. The van der Waals surface area contributed by atoms with Crippen LogP contribution in [-0.4, -0.2) is 36.0 Å². The highest BCUT2D eigenvalue weighted by molar-refractivity contribution is 6.31. The lowest BCUT2D eigenvalue weighted by Gasteiger charge is -2.19. The third-order valence-electron chi connectivity index (χ3n) is 4.40. The first kappa shape index (κ1) is 25.6. The number of nitrogens with two attached hydrogens (primary N) is 1. The lowest BCUT2D eigenvalue weighted by molar-refractivity contribution is -0.114. The van der Waals surface area contributed by atoms with Gasteiger partial charge in [-0.15, -0.1) is 0 Å². The summed E-state index contributed by atoms with van der Waals surface area (Å²) < 4.78 is 0. The van der Waals surface area contributed by atoms with Crippen LogP contribution in [0.1, 0.15) is 54.4 Å². The zero-order valence-electron chi connectivity index (χ0n) is 17.5. The normalized spacial score (nSPS) is 17.4. The fourth-order valence-corrected chi connectivity index (χ4v) is 2.36. The summed E-state index contributed by atoms with van der Waals surface area (Å²) in [7, 11) is 0. The van der Waals surface area contributed by atoms with Gasteiger partial charge < -0.3 is 10.8 Å². The first-order chi connectivity index (χ1) is 12.6. The van der Waals surface area contributed by atoms with Crippen LogP contribution in [0.15, 0.2) is 39.4 Å². The second-order valence-corrected chi connectivity index (χ2v) is 7.64. The quantitative estimate of drug-likeness (QED) is 0.202. The molecule has 154 valence electrons. The molecule has 0 aliphatic rings. The molecular weight excluding hydrogens is 362 g/mol. The Morgan fingerprint density at radius 2 is 1.96 bits per heavy atom. The van der Waals surface area contributed by atoms with Crippen LogP contribution in [0.25, 0.3) is 0 Å². The Morgan fingerprint density at radius 1 is 1.33 bits per heavy atom. The number of nitrogens with one attached hydrogen (secondary N) is 1. The second kappa shape index (κ2) is 13.7. The summed E-state index contributed by atoms with van der Waals surface area (Å²) in [6, 6.07) is -0.152. The van der Waals surface area contributed by atoms with Gasteiger partial charge in [0.1, 0.15) is 6.23 Å². The van der Waals surface area contributed by atoms with E-state index in [9.17, 15) is 9.90 Å². The standard InChI is InChI=1S/C21H36ClN3O2/c1-7-16(6)19(24-10-9-15(5)11-18(22)8-2)12-17(20(23)26)13-25-21(27)14(3)4/h8,10-12,14,16,19,21,25,27H,7,9,13H2,1-6H3,(H2,23,26)/b15-11+,17-12?,18-8+,24-10?. The number of hydrogen-bond donors (Lipinski definition) is 3. The number of aliphatic imine (C=N–C) groups is 1. The highest BCUT2D eigenvalue weighted by Crippen LogP contribution is 2.16. The first-order valence-corrected chi connectivity index (χ1v) is 9.92. The van der Waals surface area contributed by atoms with E-state index in [1.807, 2.05) is 52.1 Å². The molecule has 0 saturated carbocycles. The molecule has 27 heavy (non-hydrogen) atoms. The Morgan fingerprint density at radius 3 is 2.44 bits per heavy atom. The van der Waals surface area contributed by atoms with E-state index in [0.717, 1.165) is 12.0 Å². The average molecular weight is 398 g/mol. The van der Waals surface area contributed by atoms with Crippen LogP contribution < -0.4 is 11.1 Å². The number of aliphatic hydroxyl groups is 1. The Labute approximate surface area is 169 Å². The van der Waals surface area contributed by atoms with Gasteiger partial charge >= 0.3 is 0 Å². The predicted molar refractivity (Wildman–Crippen MR) is 116 cm³/mol. The molecule has 6 heteroatoms. The van der Waals surface area contributed by atoms with Crippen molar-refractivity contribution in [3.8, 4) is 0 Å². The maximum absolute atomic E-state index is 11.8. The van der Waals surface area contributed by atoms with Crippen molar-refractivity contribution >= 4 is 23.7 Å². The smallest absolute Gasteiger partial charge is 0.245 e. The van der Waals surface area contributed by atoms with Crippen LogP contribution in [0.5, 0.6) is 0 Å². The van der Waals surface area contributed by atoms with E-state index in [1.165, 1.54) is 0 Å². The largest absolute Gasteiger partial charge is 0.378 e. The maximum atomic E-state index is 11.8. The lowest BCUT2D eigenvalue weighted by Crippen LogP contribution is -2.37. The van der Waals surface area contributed by atoms with Crippen molar-refractivity contribution in [2.24, 2.45) is 22.6 Å². The minimum Gasteiger partial charge on any atom is -0.378 e. The molecule has 1 amide bonds. The summed E-state index contributed by atoms with van der Waals surface area (Å²) in [4.78, 5) is 16.5. The van der Waals surface area contributed by atoms with Crippen LogP contribution in [0.3, 0.4) is 0 Å². The molecule has 0 saturated heterocycles. The molecular formula is C21H36ClN3O2. The zero-order chi connectivity index (χ0) is 21.0. The molecule has 4 N–H and O–H groups in total. The zero-order valence-corrected chi connectivity index (χ0v) is 18.3. The topological polar surface area (TPSA) is 87.7 Å². The van der Waals surface area contributed by atoms with E-state index in [0.29, 0.717) is 17.0 Å². The number of hydrogen-bond acceptors (Lipinski definition) is 4. The molecule has 0 fully saturated rings. The highest BCUT2D eigenvalue weighted by Gasteiger charge is 2.16. The molecule has 0 bridgehead atoms. The van der Waals surface area contributed by atoms with E-state index < -0.39 is 12.1 Å². The van der Waals surface area contributed by atoms with Crippen molar-refractivity contribution in [1.29, 1.82) is 0 Å². The van der Waals surface area contributed by atoms with Crippen LogP contribution in [0.4, 0.5) is 0 Å². The number of aliphatic hydroxyl groups excluding tert-OH is 1. The number of amides is 1. The fourth-order valence-electron chi connectivity index (χ4n) is 2.18. The Hall–Kier alpha value is -1.43. The highest BCUT2D eigenvalue weighted by atomic mass is 35.5. The first-order valence-electron chi connectivity index (χ1n) is 9.54. The molecule has 3 atom stereocenters. The summed E-state index contributed by atoms with van der Waals surface area (Å²) in [5.74, 6) is -0.201. The number of carbonyl (C=O) groups excluding carboxylic acids is 1. The average Bonchev–Trinajstić information content (AvgIpc) is 2.61. The SMILES string of the molecule is C/C=C(Cl)\C=C(/C)CC=NC(C=C(CNC(O)C(C)C)C(N)=O)C(C)CC. The molecule has 3 unspecified atom stereocenters. The summed E-state index contributed by atoms with van der Waals surface area (Å²) in [5.41, 5.74) is 7.06. The molecule has 0 spiro atoms. The van der Waals surface area contributed by atoms with Crippen molar-refractivity contribution in [3.05, 3.63) is 34.4 Å². The van der Waals surface area contributed by atoms with Gasteiger partial charge in [0, 0.05) is 29.8 Å². The van der Waals surface area contributed by atoms with Crippen molar-refractivity contribution in [2.75, 3.05) is 6.54 Å². The third kappa shape index (κ3) is 11.1. The molecule has 0 heterocycles. The molecule has 0 aliphatic carbocycles. The van der Waals surface area contributed by atoms with Gasteiger partial charge in [0.2, 0.25) is 5.91 Å². The van der Waals surface area contributed by atoms with Gasteiger partial charge in [0.05, 0.1) is 6.04 Å². The van der Waals surface area contributed by atoms with Gasteiger partial charge in [0.25, 0.3) is 0 Å². The van der Waals surface area contributed by atoms with Crippen LogP contribution in [0, 0.1) is 11.8 Å². The van der Waals surface area contributed by atoms with E-state index in [2.05, 4.69) is 24.2 Å². The number of nitrogens with zero attached hydrogens (tertiary/aromatic N) is 1. The van der Waals surface area contributed by atoms with Gasteiger partial charge in [-0.25, -0.2) is 0 Å². The monoisotopic (exact) mass is 397 g/mol. The van der Waals surface area contributed by atoms with Crippen molar-refractivity contribution in [2.45, 2.75) is 66.7 Å². The van der Waals surface area contributed by atoms with E-state index in [-0.39, 0.29) is 24.4 Å². The number of halogens is 1. The number of primary amides is 1. The summed E-state index contributed by atoms with van der Waals surface area (Å²) in [6.07, 6.45) is 8.33. The van der Waals surface area contributed by atoms with E-state index >= 15 is 0 Å². The summed E-state index contributed by atoms with van der Waals surface area (Å²) in [5, 5.41) is 13.5. The maximum Gasteiger partial charge on any atom is 0.245 e. The van der Waals surface area contributed by atoms with E-state index in [1.54, 1.807) is 0 Å². The molecule has 0 aromatic rings. The van der Waals surface area contributed by atoms with Gasteiger partial charge in [-0.2, -0.15) is 0 Å². The van der Waals surface area contributed by atoms with Gasteiger partial charge in [0.15, 0.2) is 0 Å². The van der Waals surface area contributed by atoms with Crippen molar-refractivity contribution < 1.29 is 9.90 Å². The van der Waals surface area contributed by atoms with Crippen LogP contribution in [-0.2, 0) is 4.79 Å². The van der Waals surface area contributed by atoms with E-state index in [4.69, 9.17) is 17.3 Å². The Balaban J connectivity index is 5.28. The van der Waals surface area contributed by atoms with Crippen molar-refractivity contribution in [1.82, 2.24) is 5.32 Å². The fraction of sp³-hybridized carbons (Fsp3) is 0.619.